The molecule has 0 bridgehead atoms. The molecular weight excluding hydrogens is 308 g/mol. The zero-order chi connectivity index (χ0) is 17.7. The van der Waals surface area contributed by atoms with E-state index in [0.29, 0.717) is 22.7 Å². The molecule has 0 aliphatic carbocycles. The number of nitrogens with one attached hydrogen (secondary N) is 2. The molecule has 1 aromatic heterocycles. The first kappa shape index (κ1) is 17.3. The molecule has 0 fully saturated rings. The minimum atomic E-state index is -0.326. The fourth-order valence-corrected chi connectivity index (χ4v) is 2.03. The topological polar surface area (TPSA) is 83.6 Å². The van der Waals surface area contributed by atoms with Crippen LogP contribution in [0.3, 0.4) is 0 Å². The Morgan fingerprint density at radius 1 is 1.08 bits per heavy atom. The molecule has 2 aromatic rings. The van der Waals surface area contributed by atoms with Crippen LogP contribution in [0.25, 0.3) is 0 Å². The van der Waals surface area contributed by atoms with Gasteiger partial charge in [0.05, 0.1) is 24.0 Å². The summed E-state index contributed by atoms with van der Waals surface area (Å²) in [6.07, 6.45) is 1.50. The number of hydrogen-bond donors (Lipinski definition) is 2. The quantitative estimate of drug-likeness (QED) is 0.880. The number of carbonyl (C=O) groups is 2. The minimum Gasteiger partial charge on any atom is -0.497 e. The first-order chi connectivity index (χ1) is 11.4. The Morgan fingerprint density at radius 3 is 2.38 bits per heavy atom. The van der Waals surface area contributed by atoms with E-state index in [4.69, 9.17) is 4.74 Å². The molecule has 2 rings (SSSR count). The predicted molar refractivity (Wildman–Crippen MR) is 93.8 cm³/mol. The number of ether oxygens (including phenoxy) is 1. The molecule has 0 atom stereocenters. The minimum absolute atomic E-state index is 0.229. The number of pyridine rings is 1. The van der Waals surface area contributed by atoms with Gasteiger partial charge >= 0.3 is 0 Å². The van der Waals surface area contributed by atoms with Crippen LogP contribution in [0.4, 0.5) is 17.2 Å². The summed E-state index contributed by atoms with van der Waals surface area (Å²) < 4.78 is 5.16. The second kappa shape index (κ2) is 7.45. The van der Waals surface area contributed by atoms with Crippen molar-refractivity contribution >= 4 is 29.0 Å². The van der Waals surface area contributed by atoms with Crippen LogP contribution in [0.5, 0.6) is 5.75 Å². The number of carbonyl (C=O) groups excluding carboxylic acids is 2. The summed E-state index contributed by atoms with van der Waals surface area (Å²) in [4.78, 5) is 29.8. The molecule has 0 unspecified atom stereocenters. The molecular formula is C17H20N4O3. The zero-order valence-corrected chi connectivity index (χ0v) is 14.1. The number of benzene rings is 1. The highest BCUT2D eigenvalue weighted by molar-refractivity contribution is 6.07. The van der Waals surface area contributed by atoms with Gasteiger partial charge < -0.3 is 20.3 Å². The van der Waals surface area contributed by atoms with Crippen LogP contribution in [0.1, 0.15) is 17.3 Å². The van der Waals surface area contributed by atoms with E-state index in [2.05, 4.69) is 15.6 Å². The van der Waals surface area contributed by atoms with Crippen LogP contribution in [0, 0.1) is 0 Å². The average Bonchev–Trinajstić information content (AvgIpc) is 2.56. The second-order valence-corrected chi connectivity index (χ2v) is 5.35. The number of hydrogen-bond acceptors (Lipinski definition) is 5. The lowest BCUT2D eigenvalue weighted by Gasteiger charge is -2.14. The first-order valence-corrected chi connectivity index (χ1v) is 7.31. The van der Waals surface area contributed by atoms with Crippen molar-refractivity contribution in [2.45, 2.75) is 6.92 Å². The van der Waals surface area contributed by atoms with Crippen molar-refractivity contribution in [1.82, 2.24) is 4.98 Å². The van der Waals surface area contributed by atoms with Gasteiger partial charge in [0.25, 0.3) is 5.91 Å². The molecule has 0 spiro atoms. The summed E-state index contributed by atoms with van der Waals surface area (Å²) in [5, 5.41) is 5.44. The Bertz CT molecular complexity index is 742. The van der Waals surface area contributed by atoms with E-state index in [1.807, 2.05) is 19.0 Å². The Balaban J connectivity index is 2.24. The van der Waals surface area contributed by atoms with E-state index >= 15 is 0 Å². The van der Waals surface area contributed by atoms with E-state index < -0.39 is 0 Å². The van der Waals surface area contributed by atoms with Crippen LogP contribution in [0.15, 0.2) is 36.5 Å². The maximum atomic E-state index is 12.4. The van der Waals surface area contributed by atoms with Gasteiger partial charge in [0.1, 0.15) is 11.6 Å². The fourth-order valence-electron chi connectivity index (χ4n) is 2.03. The summed E-state index contributed by atoms with van der Waals surface area (Å²) in [7, 11) is 5.28. The number of amides is 2. The summed E-state index contributed by atoms with van der Waals surface area (Å²) in [5.41, 5.74) is 1.36. The average molecular weight is 328 g/mol. The summed E-state index contributed by atoms with van der Waals surface area (Å²) in [6, 6.07) is 8.47. The number of nitrogens with zero attached hydrogens (tertiary/aromatic N) is 2. The molecule has 0 saturated carbocycles. The number of methoxy groups -OCH3 is 1. The lowest BCUT2D eigenvalue weighted by Crippen LogP contribution is -2.16. The molecule has 24 heavy (non-hydrogen) atoms. The van der Waals surface area contributed by atoms with E-state index in [1.165, 1.54) is 20.2 Å². The molecule has 2 amide bonds. The highest BCUT2D eigenvalue weighted by atomic mass is 16.5. The third-order valence-corrected chi connectivity index (χ3v) is 3.25. The van der Waals surface area contributed by atoms with Gasteiger partial charge in [0.15, 0.2) is 0 Å². The molecule has 126 valence electrons. The Hall–Kier alpha value is -3.09. The van der Waals surface area contributed by atoms with E-state index in [9.17, 15) is 9.59 Å². The summed E-state index contributed by atoms with van der Waals surface area (Å²) >= 11 is 0. The van der Waals surface area contributed by atoms with Gasteiger partial charge in [-0.1, -0.05) is 0 Å². The van der Waals surface area contributed by atoms with E-state index in [-0.39, 0.29) is 11.8 Å². The molecule has 1 aromatic carbocycles. The third-order valence-electron chi connectivity index (χ3n) is 3.25. The van der Waals surface area contributed by atoms with Crippen LogP contribution in [-0.4, -0.2) is 38.0 Å². The SMILES string of the molecule is COc1ccc(NC(C)=O)c(NC(=O)c2ccc(N(C)C)nc2)c1. The van der Waals surface area contributed by atoms with Crippen molar-refractivity contribution in [2.24, 2.45) is 0 Å². The standard InChI is InChI=1S/C17H20N4O3/c1-11(22)19-14-7-6-13(24-4)9-15(14)20-17(23)12-5-8-16(18-10-12)21(2)3/h5-10H,1-4H3,(H,19,22)(H,20,23). The Labute approximate surface area is 140 Å². The molecule has 0 aliphatic rings. The van der Waals surface area contributed by atoms with Crippen molar-refractivity contribution in [3.8, 4) is 5.75 Å². The zero-order valence-electron chi connectivity index (χ0n) is 14.1. The second-order valence-electron chi connectivity index (χ2n) is 5.35. The molecule has 0 radical (unpaired) electrons. The largest absolute Gasteiger partial charge is 0.497 e. The van der Waals surface area contributed by atoms with Gasteiger partial charge in [-0.05, 0) is 24.3 Å². The van der Waals surface area contributed by atoms with Crippen molar-refractivity contribution in [1.29, 1.82) is 0 Å². The lowest BCUT2D eigenvalue weighted by molar-refractivity contribution is -0.114. The molecule has 0 saturated heterocycles. The predicted octanol–water partition coefficient (Wildman–Crippen LogP) is 2.37. The highest BCUT2D eigenvalue weighted by Crippen LogP contribution is 2.27. The molecule has 2 N–H and O–H groups in total. The van der Waals surface area contributed by atoms with Gasteiger partial charge in [0.2, 0.25) is 5.91 Å². The van der Waals surface area contributed by atoms with E-state index in [1.54, 1.807) is 30.3 Å². The van der Waals surface area contributed by atoms with Crippen molar-refractivity contribution in [3.63, 3.8) is 0 Å². The van der Waals surface area contributed by atoms with Gasteiger partial charge in [-0.15, -0.1) is 0 Å². The van der Waals surface area contributed by atoms with Crippen LogP contribution in [-0.2, 0) is 4.79 Å². The molecule has 7 heteroatoms. The van der Waals surface area contributed by atoms with Crippen LogP contribution < -0.4 is 20.3 Å². The van der Waals surface area contributed by atoms with Gasteiger partial charge in [-0.3, -0.25) is 9.59 Å². The van der Waals surface area contributed by atoms with Gasteiger partial charge in [0, 0.05) is 33.3 Å². The highest BCUT2D eigenvalue weighted by Gasteiger charge is 2.12. The van der Waals surface area contributed by atoms with Crippen LogP contribution >= 0.6 is 0 Å². The summed E-state index contributed by atoms with van der Waals surface area (Å²) in [6.45, 7) is 1.40. The molecule has 1 heterocycles. The molecule has 0 aliphatic heterocycles. The Morgan fingerprint density at radius 2 is 1.83 bits per heavy atom. The lowest BCUT2D eigenvalue weighted by atomic mass is 10.2. The smallest absolute Gasteiger partial charge is 0.257 e. The fraction of sp³-hybridized carbons (Fsp3) is 0.235. The molecule has 7 nitrogen and oxygen atoms in total. The maximum Gasteiger partial charge on any atom is 0.257 e. The van der Waals surface area contributed by atoms with Gasteiger partial charge in [-0.2, -0.15) is 0 Å². The van der Waals surface area contributed by atoms with Crippen molar-refractivity contribution in [3.05, 3.63) is 42.1 Å². The third kappa shape index (κ3) is 4.22. The van der Waals surface area contributed by atoms with Crippen LogP contribution in [0.2, 0.25) is 0 Å². The Kier molecular flexibility index (Phi) is 5.36. The van der Waals surface area contributed by atoms with Crippen molar-refractivity contribution in [2.75, 3.05) is 36.7 Å². The first-order valence-electron chi connectivity index (χ1n) is 7.31. The normalized spacial score (nSPS) is 10.0. The van der Waals surface area contributed by atoms with E-state index in [0.717, 1.165) is 5.82 Å². The maximum absolute atomic E-state index is 12.4. The monoisotopic (exact) mass is 328 g/mol. The number of rotatable bonds is 5. The van der Waals surface area contributed by atoms with Crippen molar-refractivity contribution < 1.29 is 14.3 Å². The number of anilines is 3. The van der Waals surface area contributed by atoms with Gasteiger partial charge in [-0.25, -0.2) is 4.98 Å². The summed E-state index contributed by atoms with van der Waals surface area (Å²) in [5.74, 6) is 0.771. The number of aromatic nitrogens is 1.